The number of para-hydroxylation sites is 4. The molecule has 1 aliphatic rings. The highest BCUT2D eigenvalue weighted by Crippen LogP contribution is 2.25. The standard InChI is InChI=1S/C23H24N4O4/c28-21(10-5-13-26-19-8-3-4-9-20(19)31-23(26)30)25-14-11-16(12-15-25)27-18-7-2-1-6-17(18)24-22(27)29/h1-4,6-9,16H,5,10-15H2,(H,24,29). The summed E-state index contributed by atoms with van der Waals surface area (Å²) in [6.45, 7) is 1.71. The number of nitrogens with zero attached hydrogens (tertiary/aromatic N) is 3. The Bertz CT molecular complexity index is 1350. The Morgan fingerprint density at radius 1 is 1.00 bits per heavy atom. The van der Waals surface area contributed by atoms with Gasteiger partial charge in [0.1, 0.15) is 0 Å². The number of piperidine rings is 1. The number of nitrogens with one attached hydrogen (secondary N) is 1. The van der Waals surface area contributed by atoms with E-state index < -0.39 is 5.76 Å². The van der Waals surface area contributed by atoms with Crippen molar-refractivity contribution in [3.63, 3.8) is 0 Å². The molecule has 0 bridgehead atoms. The van der Waals surface area contributed by atoms with Gasteiger partial charge in [-0.2, -0.15) is 0 Å². The van der Waals surface area contributed by atoms with Gasteiger partial charge in [0.05, 0.1) is 16.6 Å². The lowest BCUT2D eigenvalue weighted by Gasteiger charge is -2.32. The SMILES string of the molecule is O=C(CCCn1c(=O)oc2ccccc21)N1CCC(n2c(=O)[nH]c3ccccc32)CC1. The summed E-state index contributed by atoms with van der Waals surface area (Å²) >= 11 is 0. The van der Waals surface area contributed by atoms with Crippen molar-refractivity contribution in [2.75, 3.05) is 13.1 Å². The zero-order valence-corrected chi connectivity index (χ0v) is 17.1. The predicted molar refractivity (Wildman–Crippen MR) is 117 cm³/mol. The second kappa shape index (κ2) is 7.94. The molecular formula is C23H24N4O4. The van der Waals surface area contributed by atoms with E-state index in [9.17, 15) is 14.4 Å². The maximum Gasteiger partial charge on any atom is 0.419 e. The molecule has 1 amide bonds. The van der Waals surface area contributed by atoms with E-state index in [2.05, 4.69) is 4.98 Å². The van der Waals surface area contributed by atoms with Gasteiger partial charge in [-0.1, -0.05) is 24.3 Å². The first-order chi connectivity index (χ1) is 15.1. The van der Waals surface area contributed by atoms with Crippen molar-refractivity contribution in [2.45, 2.75) is 38.3 Å². The molecule has 2 aromatic carbocycles. The number of aromatic nitrogens is 3. The third kappa shape index (κ3) is 3.58. The number of amides is 1. The van der Waals surface area contributed by atoms with Crippen LogP contribution >= 0.6 is 0 Å². The topological polar surface area (TPSA) is 93.2 Å². The lowest BCUT2D eigenvalue weighted by atomic mass is 10.0. The van der Waals surface area contributed by atoms with Crippen molar-refractivity contribution >= 4 is 28.0 Å². The molecule has 2 aromatic heterocycles. The molecule has 31 heavy (non-hydrogen) atoms. The second-order valence-electron chi connectivity index (χ2n) is 8.02. The number of H-pyrrole nitrogens is 1. The number of imidazole rings is 1. The van der Waals surface area contributed by atoms with E-state index >= 15 is 0 Å². The molecule has 0 spiro atoms. The average Bonchev–Trinajstić information content (AvgIpc) is 3.29. The van der Waals surface area contributed by atoms with Crippen LogP contribution in [0.3, 0.4) is 0 Å². The number of aromatic amines is 1. The number of carbonyl (C=O) groups is 1. The second-order valence-corrected chi connectivity index (χ2v) is 8.02. The summed E-state index contributed by atoms with van der Waals surface area (Å²) in [5.74, 6) is -0.302. The van der Waals surface area contributed by atoms with Crippen molar-refractivity contribution in [2.24, 2.45) is 0 Å². The van der Waals surface area contributed by atoms with Crippen LogP contribution in [0.2, 0.25) is 0 Å². The van der Waals surface area contributed by atoms with Crippen LogP contribution in [0.15, 0.2) is 62.5 Å². The van der Waals surface area contributed by atoms with Gasteiger partial charge in [0.2, 0.25) is 5.91 Å². The van der Waals surface area contributed by atoms with Crippen LogP contribution in [-0.4, -0.2) is 38.0 Å². The Kier molecular flexibility index (Phi) is 4.97. The van der Waals surface area contributed by atoms with Gasteiger partial charge in [-0.3, -0.25) is 13.9 Å². The summed E-state index contributed by atoms with van der Waals surface area (Å²) in [4.78, 5) is 41.9. The Morgan fingerprint density at radius 3 is 2.52 bits per heavy atom. The summed E-state index contributed by atoms with van der Waals surface area (Å²) in [6.07, 6.45) is 2.45. The van der Waals surface area contributed by atoms with Gasteiger partial charge in [0, 0.05) is 32.1 Å². The summed E-state index contributed by atoms with van der Waals surface area (Å²) in [5, 5.41) is 0. The molecule has 0 radical (unpaired) electrons. The minimum atomic E-state index is -0.390. The van der Waals surface area contributed by atoms with Crippen molar-refractivity contribution in [3.8, 4) is 0 Å². The van der Waals surface area contributed by atoms with Gasteiger partial charge in [-0.05, 0) is 43.5 Å². The molecule has 5 rings (SSSR count). The van der Waals surface area contributed by atoms with E-state index in [0.29, 0.717) is 38.1 Å². The molecule has 1 aliphatic heterocycles. The number of hydrogen-bond donors (Lipinski definition) is 1. The van der Waals surface area contributed by atoms with Crippen LogP contribution in [0, 0.1) is 0 Å². The van der Waals surface area contributed by atoms with E-state index in [1.807, 2.05) is 51.9 Å². The molecule has 0 unspecified atom stereocenters. The lowest BCUT2D eigenvalue weighted by molar-refractivity contribution is -0.132. The number of hydrogen-bond acceptors (Lipinski definition) is 4. The molecule has 160 valence electrons. The Hall–Kier alpha value is -3.55. The predicted octanol–water partition coefficient (Wildman–Crippen LogP) is 2.88. The average molecular weight is 420 g/mol. The number of aryl methyl sites for hydroxylation is 1. The zero-order chi connectivity index (χ0) is 21.4. The normalized spacial score (nSPS) is 15.2. The fourth-order valence-electron chi connectivity index (χ4n) is 4.58. The monoisotopic (exact) mass is 420 g/mol. The maximum absolute atomic E-state index is 12.7. The first-order valence-electron chi connectivity index (χ1n) is 10.7. The van der Waals surface area contributed by atoms with E-state index in [-0.39, 0.29) is 17.6 Å². The van der Waals surface area contributed by atoms with Gasteiger partial charge in [0.25, 0.3) is 0 Å². The molecule has 8 heteroatoms. The number of fused-ring (bicyclic) bond motifs is 2. The number of rotatable bonds is 5. The number of carbonyl (C=O) groups excluding carboxylic acids is 1. The molecule has 0 atom stereocenters. The van der Waals surface area contributed by atoms with Crippen LogP contribution in [0.1, 0.15) is 31.7 Å². The minimum absolute atomic E-state index is 0.0866. The molecular weight excluding hydrogens is 396 g/mol. The molecule has 0 saturated carbocycles. The molecule has 3 heterocycles. The fraction of sp³-hybridized carbons (Fsp3) is 0.348. The first-order valence-corrected chi connectivity index (χ1v) is 10.7. The maximum atomic E-state index is 12.7. The zero-order valence-electron chi connectivity index (χ0n) is 17.1. The van der Waals surface area contributed by atoms with Crippen LogP contribution < -0.4 is 11.4 Å². The van der Waals surface area contributed by atoms with Crippen molar-refractivity contribution in [1.82, 2.24) is 19.0 Å². The van der Waals surface area contributed by atoms with E-state index in [1.165, 1.54) is 0 Å². The highest BCUT2D eigenvalue weighted by atomic mass is 16.4. The quantitative estimate of drug-likeness (QED) is 0.537. The fourth-order valence-corrected chi connectivity index (χ4v) is 4.58. The first kappa shape index (κ1) is 19.4. The van der Waals surface area contributed by atoms with Crippen LogP contribution in [0.25, 0.3) is 22.1 Å². The van der Waals surface area contributed by atoms with Gasteiger partial charge < -0.3 is 14.3 Å². The van der Waals surface area contributed by atoms with Gasteiger partial charge in [-0.25, -0.2) is 9.59 Å². The third-order valence-electron chi connectivity index (χ3n) is 6.15. The Balaban J connectivity index is 1.19. The van der Waals surface area contributed by atoms with Crippen LogP contribution in [0.5, 0.6) is 0 Å². The summed E-state index contributed by atoms with van der Waals surface area (Å²) in [7, 11) is 0. The number of oxazole rings is 1. The smallest absolute Gasteiger partial charge is 0.408 e. The molecule has 1 N–H and O–H groups in total. The lowest BCUT2D eigenvalue weighted by Crippen LogP contribution is -2.40. The Labute approximate surface area is 177 Å². The number of likely N-dealkylation sites (tertiary alicyclic amines) is 1. The van der Waals surface area contributed by atoms with Crippen LogP contribution in [0.4, 0.5) is 0 Å². The van der Waals surface area contributed by atoms with E-state index in [0.717, 1.165) is 29.4 Å². The molecule has 4 aromatic rings. The highest BCUT2D eigenvalue weighted by Gasteiger charge is 2.25. The summed E-state index contributed by atoms with van der Waals surface area (Å²) in [6, 6.07) is 15.1. The van der Waals surface area contributed by atoms with E-state index in [1.54, 1.807) is 10.6 Å². The summed E-state index contributed by atoms with van der Waals surface area (Å²) < 4.78 is 8.65. The minimum Gasteiger partial charge on any atom is -0.408 e. The summed E-state index contributed by atoms with van der Waals surface area (Å²) in [5.41, 5.74) is 2.98. The van der Waals surface area contributed by atoms with Gasteiger partial charge in [-0.15, -0.1) is 0 Å². The molecule has 0 aliphatic carbocycles. The van der Waals surface area contributed by atoms with Crippen molar-refractivity contribution < 1.29 is 9.21 Å². The van der Waals surface area contributed by atoms with Gasteiger partial charge in [0.15, 0.2) is 5.58 Å². The number of benzene rings is 2. The van der Waals surface area contributed by atoms with Crippen LogP contribution in [-0.2, 0) is 11.3 Å². The van der Waals surface area contributed by atoms with Crippen molar-refractivity contribution in [3.05, 3.63) is 69.6 Å². The van der Waals surface area contributed by atoms with Crippen molar-refractivity contribution in [1.29, 1.82) is 0 Å². The third-order valence-corrected chi connectivity index (χ3v) is 6.15. The largest absolute Gasteiger partial charge is 0.419 e. The highest BCUT2D eigenvalue weighted by molar-refractivity contribution is 5.77. The van der Waals surface area contributed by atoms with E-state index in [4.69, 9.17) is 4.42 Å². The molecule has 1 fully saturated rings. The van der Waals surface area contributed by atoms with Gasteiger partial charge >= 0.3 is 11.4 Å². The molecule has 8 nitrogen and oxygen atoms in total. The molecule has 1 saturated heterocycles. The Morgan fingerprint density at radius 2 is 1.71 bits per heavy atom.